The van der Waals surface area contributed by atoms with Crippen molar-refractivity contribution < 1.29 is 19.8 Å². The number of likely N-dealkylation sites (tertiary alicyclic amines) is 1. The number of hydrogen-bond acceptors (Lipinski definition) is 5. The highest BCUT2D eigenvalue weighted by atomic mass is 16.5. The molecule has 1 aromatic carbocycles. The Bertz CT molecular complexity index is 696. The lowest BCUT2D eigenvalue weighted by atomic mass is 10.0. The van der Waals surface area contributed by atoms with Crippen molar-refractivity contribution in [2.45, 2.75) is 72.5 Å². The van der Waals surface area contributed by atoms with Crippen LogP contribution in [0.25, 0.3) is 0 Å². The Morgan fingerprint density at radius 3 is 2.24 bits per heavy atom. The molecule has 0 radical (unpaired) electrons. The zero-order chi connectivity index (χ0) is 23.5. The van der Waals surface area contributed by atoms with E-state index >= 15 is 0 Å². The van der Waals surface area contributed by atoms with Crippen LogP contribution >= 0.6 is 0 Å². The molecule has 3 N–H and O–H groups in total. The van der Waals surface area contributed by atoms with E-state index in [9.17, 15) is 9.59 Å². The van der Waals surface area contributed by atoms with Crippen molar-refractivity contribution >= 4 is 17.5 Å². The van der Waals surface area contributed by atoms with Crippen molar-refractivity contribution in [3.63, 3.8) is 0 Å². The number of anilines is 1. The van der Waals surface area contributed by atoms with Crippen LogP contribution in [0.4, 0.5) is 5.69 Å². The molecular formula is C26H45N3O4. The van der Waals surface area contributed by atoms with E-state index in [1.54, 1.807) is 29.2 Å². The lowest BCUT2D eigenvalue weighted by Gasteiger charge is -2.20. The third-order valence-corrected chi connectivity index (χ3v) is 6.51. The molecule has 188 valence electrons. The SMILES string of the molecule is C.CC.CN(CCCCC(=O)Nc1ccc(C(O)O)cc1)C(=O)CCN1CC2CCCC2C1. The van der Waals surface area contributed by atoms with Gasteiger partial charge in [-0.15, -0.1) is 0 Å². The van der Waals surface area contributed by atoms with Crippen LogP contribution in [0.1, 0.15) is 78.1 Å². The highest BCUT2D eigenvalue weighted by molar-refractivity contribution is 5.90. The molecule has 2 atom stereocenters. The van der Waals surface area contributed by atoms with Gasteiger partial charge in [-0.05, 0) is 49.7 Å². The molecule has 33 heavy (non-hydrogen) atoms. The average molecular weight is 464 g/mol. The molecule has 1 saturated heterocycles. The zero-order valence-electron chi connectivity index (χ0n) is 19.9. The van der Waals surface area contributed by atoms with Crippen LogP contribution in [0.5, 0.6) is 0 Å². The maximum atomic E-state index is 12.4. The Morgan fingerprint density at radius 1 is 1.06 bits per heavy atom. The number of carbonyl (C=O) groups excluding carboxylic acids is 2. The van der Waals surface area contributed by atoms with Gasteiger partial charge >= 0.3 is 0 Å². The number of aliphatic hydroxyl groups excluding tert-OH is 1. The van der Waals surface area contributed by atoms with Gasteiger partial charge in [0, 0.05) is 57.3 Å². The topological polar surface area (TPSA) is 93.1 Å². The van der Waals surface area contributed by atoms with Crippen LogP contribution in [0.15, 0.2) is 24.3 Å². The molecule has 1 aliphatic heterocycles. The van der Waals surface area contributed by atoms with Gasteiger partial charge in [0.15, 0.2) is 6.29 Å². The van der Waals surface area contributed by atoms with Gasteiger partial charge in [0.25, 0.3) is 0 Å². The minimum Gasteiger partial charge on any atom is -0.364 e. The van der Waals surface area contributed by atoms with E-state index in [0.29, 0.717) is 37.1 Å². The van der Waals surface area contributed by atoms with Gasteiger partial charge in [-0.2, -0.15) is 0 Å². The largest absolute Gasteiger partial charge is 0.364 e. The number of benzene rings is 1. The molecule has 1 saturated carbocycles. The molecule has 2 fully saturated rings. The number of hydrogen-bond donors (Lipinski definition) is 3. The van der Waals surface area contributed by atoms with Crippen molar-refractivity contribution in [2.24, 2.45) is 11.8 Å². The summed E-state index contributed by atoms with van der Waals surface area (Å²) in [5.41, 5.74) is 1.01. The Balaban J connectivity index is 0.00000177. The molecule has 3 rings (SSSR count). The van der Waals surface area contributed by atoms with Crippen LogP contribution in [0.2, 0.25) is 0 Å². The molecular weight excluding hydrogens is 418 g/mol. The van der Waals surface area contributed by atoms with Crippen LogP contribution in [0, 0.1) is 11.8 Å². The summed E-state index contributed by atoms with van der Waals surface area (Å²) in [6.45, 7) is 7.87. The molecule has 2 unspecified atom stereocenters. The first-order valence-corrected chi connectivity index (χ1v) is 12.1. The molecule has 1 aromatic rings. The number of carbonyl (C=O) groups is 2. The van der Waals surface area contributed by atoms with Crippen LogP contribution in [-0.2, 0) is 9.59 Å². The summed E-state index contributed by atoms with van der Waals surface area (Å²) in [6, 6.07) is 6.42. The number of aliphatic hydroxyl groups is 2. The van der Waals surface area contributed by atoms with Gasteiger partial charge in [0.05, 0.1) is 0 Å². The normalized spacial score (nSPS) is 19.3. The van der Waals surface area contributed by atoms with Crippen LogP contribution in [-0.4, -0.2) is 65.1 Å². The van der Waals surface area contributed by atoms with E-state index < -0.39 is 6.29 Å². The summed E-state index contributed by atoms with van der Waals surface area (Å²) in [6.07, 6.45) is 5.07. The fourth-order valence-corrected chi connectivity index (χ4v) is 4.68. The number of amides is 2. The molecule has 2 aliphatic rings. The predicted octanol–water partition coefficient (Wildman–Crippen LogP) is 4.02. The first-order valence-electron chi connectivity index (χ1n) is 12.1. The Hall–Kier alpha value is -1.96. The second-order valence-corrected chi connectivity index (χ2v) is 8.78. The highest BCUT2D eigenvalue weighted by Gasteiger charge is 2.35. The van der Waals surface area contributed by atoms with Crippen molar-refractivity contribution in [2.75, 3.05) is 38.5 Å². The van der Waals surface area contributed by atoms with E-state index in [1.807, 2.05) is 20.9 Å². The third-order valence-electron chi connectivity index (χ3n) is 6.51. The summed E-state index contributed by atoms with van der Waals surface area (Å²) < 4.78 is 0. The van der Waals surface area contributed by atoms with E-state index in [4.69, 9.17) is 10.2 Å². The van der Waals surface area contributed by atoms with E-state index in [-0.39, 0.29) is 19.2 Å². The summed E-state index contributed by atoms with van der Waals surface area (Å²) >= 11 is 0. The first kappa shape index (κ1) is 29.1. The minimum atomic E-state index is -1.51. The molecule has 7 heteroatoms. The van der Waals surface area contributed by atoms with Crippen LogP contribution < -0.4 is 5.32 Å². The number of rotatable bonds is 10. The van der Waals surface area contributed by atoms with Gasteiger partial charge in [-0.1, -0.05) is 39.8 Å². The standard InChI is InChI=1S/C23H35N3O4.C2H6.CH4/c1-25(22(28)12-14-26-15-18-5-4-6-19(18)16-26)13-3-2-7-21(27)24-20-10-8-17(9-11-20)23(29)30;1-2;/h8-11,18-19,23,29-30H,2-7,12-16H2,1H3,(H,24,27);1-2H3;1H4. The molecule has 7 nitrogen and oxygen atoms in total. The fraction of sp³-hybridized carbons (Fsp3) is 0.692. The first-order chi connectivity index (χ1) is 15.4. The van der Waals surface area contributed by atoms with Crippen molar-refractivity contribution in [1.82, 2.24) is 9.80 Å². The monoisotopic (exact) mass is 463 g/mol. The van der Waals surface area contributed by atoms with Crippen molar-refractivity contribution in [1.29, 1.82) is 0 Å². The summed E-state index contributed by atoms with van der Waals surface area (Å²) in [4.78, 5) is 28.7. The predicted molar refractivity (Wildman–Crippen MR) is 134 cm³/mol. The van der Waals surface area contributed by atoms with Crippen LogP contribution in [0.3, 0.4) is 0 Å². The lowest BCUT2D eigenvalue weighted by Crippen LogP contribution is -2.32. The Morgan fingerprint density at radius 2 is 1.67 bits per heavy atom. The number of unbranched alkanes of at least 4 members (excludes halogenated alkanes) is 1. The number of nitrogens with zero attached hydrogens (tertiary/aromatic N) is 2. The second-order valence-electron chi connectivity index (χ2n) is 8.78. The molecule has 0 spiro atoms. The molecule has 0 bridgehead atoms. The van der Waals surface area contributed by atoms with Gasteiger partial charge in [-0.3, -0.25) is 9.59 Å². The molecule has 1 aliphatic carbocycles. The quantitative estimate of drug-likeness (QED) is 0.360. The summed E-state index contributed by atoms with van der Waals surface area (Å²) in [5, 5.41) is 21.0. The fourth-order valence-electron chi connectivity index (χ4n) is 4.68. The van der Waals surface area contributed by atoms with Crippen molar-refractivity contribution in [3.8, 4) is 0 Å². The average Bonchev–Trinajstić information content (AvgIpc) is 3.38. The molecule has 2 amide bonds. The third kappa shape index (κ3) is 9.43. The van der Waals surface area contributed by atoms with E-state index in [2.05, 4.69) is 10.2 Å². The van der Waals surface area contributed by atoms with E-state index in [0.717, 1.165) is 24.8 Å². The summed E-state index contributed by atoms with van der Waals surface area (Å²) in [7, 11) is 1.85. The maximum Gasteiger partial charge on any atom is 0.224 e. The second kappa shape index (κ2) is 15.0. The number of fused-ring (bicyclic) bond motifs is 1. The molecule has 0 aromatic heterocycles. The number of nitrogens with one attached hydrogen (secondary N) is 1. The minimum absolute atomic E-state index is 0. The smallest absolute Gasteiger partial charge is 0.224 e. The van der Waals surface area contributed by atoms with Crippen molar-refractivity contribution in [3.05, 3.63) is 29.8 Å². The summed E-state index contributed by atoms with van der Waals surface area (Å²) in [5.74, 6) is 1.83. The Labute approximate surface area is 200 Å². The van der Waals surface area contributed by atoms with E-state index in [1.165, 1.54) is 32.4 Å². The zero-order valence-corrected chi connectivity index (χ0v) is 19.9. The van der Waals surface area contributed by atoms with Gasteiger partial charge in [0.1, 0.15) is 0 Å². The lowest BCUT2D eigenvalue weighted by molar-refractivity contribution is -0.130. The van der Waals surface area contributed by atoms with Gasteiger partial charge in [-0.25, -0.2) is 0 Å². The highest BCUT2D eigenvalue weighted by Crippen LogP contribution is 2.37. The maximum absolute atomic E-state index is 12.4. The Kier molecular flexibility index (Phi) is 13.3. The van der Waals surface area contributed by atoms with Gasteiger partial charge < -0.3 is 25.3 Å². The van der Waals surface area contributed by atoms with Gasteiger partial charge in [0.2, 0.25) is 11.8 Å². The molecule has 1 heterocycles.